The van der Waals surface area contributed by atoms with E-state index in [4.69, 9.17) is 14.2 Å². The molecule has 0 spiro atoms. The molecule has 0 aromatic heterocycles. The predicted molar refractivity (Wildman–Crippen MR) is 92.4 cm³/mol. The van der Waals surface area contributed by atoms with Gasteiger partial charge >= 0.3 is 11.9 Å². The molecule has 1 N–H and O–H groups in total. The first-order chi connectivity index (χ1) is 12.6. The van der Waals surface area contributed by atoms with Crippen molar-refractivity contribution in [3.63, 3.8) is 0 Å². The van der Waals surface area contributed by atoms with Crippen LogP contribution in [0.4, 0.5) is 0 Å². The summed E-state index contributed by atoms with van der Waals surface area (Å²) in [7, 11) is 0. The van der Waals surface area contributed by atoms with Crippen LogP contribution in [0.1, 0.15) is 27.6 Å². The Hall–Kier alpha value is -2.70. The quantitative estimate of drug-likeness (QED) is 0.829. The maximum absolute atomic E-state index is 12.3. The smallest absolute Gasteiger partial charge is 0.338 e. The molecule has 26 heavy (non-hydrogen) atoms. The maximum Gasteiger partial charge on any atom is 0.338 e. The molecule has 1 aliphatic heterocycles. The first-order valence-corrected chi connectivity index (χ1v) is 8.38. The van der Waals surface area contributed by atoms with Gasteiger partial charge in [-0.15, -0.1) is 0 Å². The lowest BCUT2D eigenvalue weighted by molar-refractivity contribution is -0.118. The topological polar surface area (TPSA) is 82.1 Å². The summed E-state index contributed by atoms with van der Waals surface area (Å²) in [4.78, 5) is 24.4. The lowest BCUT2D eigenvalue weighted by Crippen LogP contribution is -2.35. The molecular weight excluding hydrogens is 336 g/mol. The van der Waals surface area contributed by atoms with E-state index in [1.165, 1.54) is 0 Å². The van der Waals surface area contributed by atoms with E-state index in [2.05, 4.69) is 0 Å². The van der Waals surface area contributed by atoms with Crippen LogP contribution in [0.5, 0.6) is 0 Å². The number of rotatable bonds is 5. The van der Waals surface area contributed by atoms with Gasteiger partial charge in [0.05, 0.1) is 11.1 Å². The normalized spacial score (nSPS) is 24.8. The van der Waals surface area contributed by atoms with E-state index in [0.29, 0.717) is 11.1 Å². The molecule has 1 aliphatic rings. The Morgan fingerprint density at radius 2 is 1.50 bits per heavy atom. The molecule has 4 atom stereocenters. The summed E-state index contributed by atoms with van der Waals surface area (Å²) < 4.78 is 16.2. The monoisotopic (exact) mass is 356 g/mol. The number of aliphatic hydroxyl groups is 1. The van der Waals surface area contributed by atoms with Gasteiger partial charge < -0.3 is 19.3 Å². The van der Waals surface area contributed by atoms with Gasteiger partial charge in [-0.25, -0.2) is 9.59 Å². The number of aliphatic hydroxyl groups excluding tert-OH is 1. The highest BCUT2D eigenvalue weighted by Gasteiger charge is 2.44. The minimum Gasteiger partial charge on any atom is -0.459 e. The Bertz CT molecular complexity index is 745. The highest BCUT2D eigenvalue weighted by molar-refractivity contribution is 5.90. The van der Waals surface area contributed by atoms with Gasteiger partial charge in [-0.1, -0.05) is 43.3 Å². The third-order valence-electron chi connectivity index (χ3n) is 4.29. The molecule has 2 aromatic rings. The van der Waals surface area contributed by atoms with E-state index in [1.54, 1.807) is 67.6 Å². The fourth-order valence-corrected chi connectivity index (χ4v) is 2.78. The van der Waals surface area contributed by atoms with E-state index >= 15 is 0 Å². The molecule has 4 unspecified atom stereocenters. The van der Waals surface area contributed by atoms with Crippen LogP contribution in [-0.2, 0) is 14.2 Å². The minimum absolute atomic E-state index is 0.123. The molecule has 6 heteroatoms. The molecule has 136 valence electrons. The van der Waals surface area contributed by atoms with E-state index < -0.39 is 36.4 Å². The van der Waals surface area contributed by atoms with Crippen molar-refractivity contribution >= 4 is 11.9 Å². The summed E-state index contributed by atoms with van der Waals surface area (Å²) in [5.41, 5.74) is 0.818. The largest absolute Gasteiger partial charge is 0.459 e. The lowest BCUT2D eigenvalue weighted by atomic mass is 10.0. The first kappa shape index (κ1) is 18.1. The van der Waals surface area contributed by atoms with Crippen molar-refractivity contribution < 1.29 is 28.9 Å². The van der Waals surface area contributed by atoms with Crippen molar-refractivity contribution in [2.75, 3.05) is 6.61 Å². The van der Waals surface area contributed by atoms with E-state index in [9.17, 15) is 14.7 Å². The molecule has 0 amide bonds. The summed E-state index contributed by atoms with van der Waals surface area (Å²) in [6.45, 7) is 1.59. The van der Waals surface area contributed by atoms with Crippen molar-refractivity contribution in [3.8, 4) is 0 Å². The van der Waals surface area contributed by atoms with Gasteiger partial charge in [0, 0.05) is 5.92 Å². The number of carbonyl (C=O) groups excluding carboxylic acids is 2. The molecular formula is C20H20O6. The summed E-state index contributed by atoms with van der Waals surface area (Å²) in [6.07, 6.45) is -2.55. The highest BCUT2D eigenvalue weighted by Crippen LogP contribution is 2.29. The van der Waals surface area contributed by atoms with Gasteiger partial charge in [-0.05, 0) is 24.3 Å². The van der Waals surface area contributed by atoms with Crippen LogP contribution in [0.15, 0.2) is 60.7 Å². The Morgan fingerprint density at radius 1 is 0.962 bits per heavy atom. The molecule has 1 heterocycles. The molecule has 0 radical (unpaired) electrons. The second-order valence-corrected chi connectivity index (χ2v) is 6.12. The predicted octanol–water partition coefficient (Wildman–Crippen LogP) is 2.42. The van der Waals surface area contributed by atoms with Crippen LogP contribution in [0.2, 0.25) is 0 Å². The van der Waals surface area contributed by atoms with Crippen molar-refractivity contribution in [3.05, 3.63) is 71.8 Å². The Labute approximate surface area is 151 Å². The van der Waals surface area contributed by atoms with Crippen molar-refractivity contribution in [2.24, 2.45) is 5.92 Å². The van der Waals surface area contributed by atoms with Crippen LogP contribution in [0.25, 0.3) is 0 Å². The summed E-state index contributed by atoms with van der Waals surface area (Å²) in [6, 6.07) is 17.1. The molecule has 6 nitrogen and oxygen atoms in total. The fraction of sp³-hybridized carbons (Fsp3) is 0.300. The molecule has 0 aliphatic carbocycles. The first-order valence-electron chi connectivity index (χ1n) is 8.38. The standard InChI is InChI=1S/C20H20O6/c1-13-17(26-20(23)15-10-6-3-7-11-15)16(25-18(13)21)12-24-19(22)14-8-4-2-5-9-14/h2-11,13,16-18,21H,12H2,1H3. The SMILES string of the molecule is CC1C(O)OC(COC(=O)c2ccccc2)C1OC(=O)c1ccccc1. The fourth-order valence-electron chi connectivity index (χ4n) is 2.78. The average Bonchev–Trinajstić information content (AvgIpc) is 2.95. The van der Waals surface area contributed by atoms with Gasteiger partial charge in [-0.2, -0.15) is 0 Å². The van der Waals surface area contributed by atoms with Crippen molar-refractivity contribution in [1.82, 2.24) is 0 Å². The highest BCUT2D eigenvalue weighted by atomic mass is 16.7. The molecule has 1 fully saturated rings. The number of benzene rings is 2. The van der Waals surface area contributed by atoms with Gasteiger partial charge in [0.2, 0.25) is 0 Å². The zero-order valence-corrected chi connectivity index (χ0v) is 14.3. The van der Waals surface area contributed by atoms with Crippen LogP contribution >= 0.6 is 0 Å². The molecule has 2 aromatic carbocycles. The van der Waals surface area contributed by atoms with Gasteiger partial charge in [0.15, 0.2) is 6.29 Å². The van der Waals surface area contributed by atoms with E-state index in [-0.39, 0.29) is 6.61 Å². The average molecular weight is 356 g/mol. The number of ether oxygens (including phenoxy) is 3. The molecule has 3 rings (SSSR count). The molecule has 0 bridgehead atoms. The van der Waals surface area contributed by atoms with E-state index in [0.717, 1.165) is 0 Å². The van der Waals surface area contributed by atoms with Crippen LogP contribution in [-0.4, -0.2) is 42.1 Å². The third kappa shape index (κ3) is 4.09. The summed E-state index contributed by atoms with van der Waals surface area (Å²) in [5.74, 6) is -1.46. The minimum atomic E-state index is -1.09. The maximum atomic E-state index is 12.3. The lowest BCUT2D eigenvalue weighted by Gasteiger charge is -2.21. The summed E-state index contributed by atoms with van der Waals surface area (Å²) in [5, 5.41) is 9.95. The van der Waals surface area contributed by atoms with Crippen LogP contribution in [0.3, 0.4) is 0 Å². The van der Waals surface area contributed by atoms with Crippen LogP contribution in [0, 0.1) is 5.92 Å². The second-order valence-electron chi connectivity index (χ2n) is 6.12. The Morgan fingerprint density at radius 3 is 2.08 bits per heavy atom. The zero-order valence-electron chi connectivity index (χ0n) is 14.3. The van der Waals surface area contributed by atoms with Gasteiger partial charge in [0.1, 0.15) is 18.8 Å². The van der Waals surface area contributed by atoms with Crippen molar-refractivity contribution in [1.29, 1.82) is 0 Å². The number of hydrogen-bond acceptors (Lipinski definition) is 6. The summed E-state index contributed by atoms with van der Waals surface area (Å²) >= 11 is 0. The Balaban J connectivity index is 1.63. The van der Waals surface area contributed by atoms with Crippen LogP contribution < -0.4 is 0 Å². The van der Waals surface area contributed by atoms with Gasteiger partial charge in [0.25, 0.3) is 0 Å². The van der Waals surface area contributed by atoms with Crippen molar-refractivity contribution in [2.45, 2.75) is 25.4 Å². The number of hydrogen-bond donors (Lipinski definition) is 1. The third-order valence-corrected chi connectivity index (χ3v) is 4.29. The number of carbonyl (C=O) groups is 2. The van der Waals surface area contributed by atoms with E-state index in [1.807, 2.05) is 0 Å². The number of esters is 2. The molecule has 1 saturated heterocycles. The van der Waals surface area contributed by atoms with Gasteiger partial charge in [-0.3, -0.25) is 0 Å². The molecule has 0 saturated carbocycles. The Kier molecular flexibility index (Phi) is 5.65. The zero-order chi connectivity index (χ0) is 18.5. The second kappa shape index (κ2) is 8.12.